The summed E-state index contributed by atoms with van der Waals surface area (Å²) >= 11 is 0. The molecule has 0 saturated carbocycles. The van der Waals surface area contributed by atoms with Gasteiger partial charge in [-0.1, -0.05) is 90.2 Å². The molecule has 1 fully saturated rings. The lowest BCUT2D eigenvalue weighted by molar-refractivity contribution is -0.179. The van der Waals surface area contributed by atoms with Gasteiger partial charge in [0.1, 0.15) is 12.2 Å². The molecule has 11 heteroatoms. The first-order chi connectivity index (χ1) is 23.6. The summed E-state index contributed by atoms with van der Waals surface area (Å²) in [6, 6.07) is 0. The number of cyclic esters (lactones) is 1. The monoisotopic (exact) mass is 701 g/mol. The molecule has 1 aromatic rings. The quantitative estimate of drug-likeness (QED) is 0.0531. The molecule has 2 rings (SSSR count). The van der Waals surface area contributed by atoms with Crippen LogP contribution < -0.4 is 5.32 Å². The number of carbonyl (C=O) groups excluding carboxylic acids is 2. The molecule has 0 aromatic carbocycles. The van der Waals surface area contributed by atoms with Crippen LogP contribution in [0.4, 0.5) is 4.79 Å². The number of nitrogens with one attached hydrogen (secondary N) is 1. The fraction of sp³-hybridized carbons (Fsp3) is 0.667. The van der Waals surface area contributed by atoms with E-state index in [4.69, 9.17) is 9.47 Å². The fourth-order valence-electron chi connectivity index (χ4n) is 6.70. The highest BCUT2D eigenvalue weighted by Crippen LogP contribution is 2.31. The van der Waals surface area contributed by atoms with Crippen molar-refractivity contribution >= 4 is 12.1 Å². The number of hydrogen-bond acceptors (Lipinski definition) is 9. The number of aromatic nitrogens is 2. The minimum atomic E-state index is -0.899. The van der Waals surface area contributed by atoms with Crippen molar-refractivity contribution in [3.05, 3.63) is 67.3 Å². The Kier molecular flexibility index (Phi) is 18.2. The van der Waals surface area contributed by atoms with E-state index in [0.717, 1.165) is 18.5 Å². The van der Waals surface area contributed by atoms with E-state index in [1.54, 1.807) is 44.6 Å². The zero-order valence-corrected chi connectivity index (χ0v) is 31.3. The molecule has 1 saturated heterocycles. The summed E-state index contributed by atoms with van der Waals surface area (Å²) in [6.45, 7) is 19.9. The second-order valence-corrected chi connectivity index (χ2v) is 14.5. The van der Waals surface area contributed by atoms with E-state index in [1.165, 1.54) is 0 Å². The topological polar surface area (TPSA) is 163 Å². The summed E-state index contributed by atoms with van der Waals surface area (Å²) in [5.41, 5.74) is 1.01. The van der Waals surface area contributed by atoms with Crippen molar-refractivity contribution in [1.29, 1.82) is 0 Å². The van der Waals surface area contributed by atoms with Gasteiger partial charge in [0.05, 0.1) is 36.7 Å². The second kappa shape index (κ2) is 21.2. The number of hydrogen-bond donors (Lipinski definition) is 5. The van der Waals surface area contributed by atoms with Crippen LogP contribution in [0, 0.1) is 41.4 Å². The van der Waals surface area contributed by atoms with Crippen molar-refractivity contribution in [3.8, 4) is 0 Å². The van der Waals surface area contributed by atoms with Crippen LogP contribution in [0.1, 0.15) is 74.7 Å². The Labute approximate surface area is 299 Å². The standard InChI is InChI=1S/C39H63N3O8/c1-10-11-13-26(4)37(50-39(48)41-16-12-18-42-19-17-40-23-42)30(8)35(45)28(6)21-24(2)20-27(5)34(44)25(3)14-15-32(43)22-33-29(7)36(46)31(9)38(47)49-33/h10-11,13-15,17,19-20,23,25-37,43-46H,1,12,16,18,21-22H2,2-9H3,(H,41,48)/b13-11-,15-14-,24-20-/t25-,26-,27-,28-,29-,30-,31+,32+,33-,34-,35+,36-,37-/m0/s1. The SMILES string of the molecule is C=C/C=C\[C@H](C)[C@H](OC(=O)NCCCn1ccnc1)[C@@H](C)[C@H](O)[C@@H](C)C/C(C)=C\[C@H](C)[C@@H](O)[C@@H](C)/C=C\[C@@H](O)C[C@@H]1OC(=O)[C@H](C)[C@@H](O)[C@H]1C. The van der Waals surface area contributed by atoms with Gasteiger partial charge in [-0.2, -0.15) is 0 Å². The Morgan fingerprint density at radius 3 is 2.42 bits per heavy atom. The van der Waals surface area contributed by atoms with E-state index in [2.05, 4.69) is 16.9 Å². The highest BCUT2D eigenvalue weighted by atomic mass is 16.6. The average Bonchev–Trinajstić information content (AvgIpc) is 3.60. The predicted molar refractivity (Wildman–Crippen MR) is 195 cm³/mol. The number of esters is 1. The highest BCUT2D eigenvalue weighted by Gasteiger charge is 2.41. The van der Waals surface area contributed by atoms with Crippen molar-refractivity contribution in [2.45, 2.75) is 118 Å². The number of allylic oxidation sites excluding steroid dienone is 3. The van der Waals surface area contributed by atoms with Gasteiger partial charge in [-0.25, -0.2) is 9.78 Å². The highest BCUT2D eigenvalue weighted by molar-refractivity contribution is 5.73. The largest absolute Gasteiger partial charge is 0.462 e. The van der Waals surface area contributed by atoms with Gasteiger partial charge in [-0.3, -0.25) is 4.79 Å². The van der Waals surface area contributed by atoms with Crippen LogP contribution >= 0.6 is 0 Å². The van der Waals surface area contributed by atoms with Gasteiger partial charge in [-0.05, 0) is 32.6 Å². The molecule has 2 heterocycles. The van der Waals surface area contributed by atoms with Crippen LogP contribution in [0.5, 0.6) is 0 Å². The summed E-state index contributed by atoms with van der Waals surface area (Å²) in [6.07, 6.45) is 12.6. The smallest absolute Gasteiger partial charge is 0.407 e. The zero-order chi connectivity index (χ0) is 37.5. The number of aliphatic hydroxyl groups excluding tert-OH is 4. The van der Waals surface area contributed by atoms with Gasteiger partial charge < -0.3 is 39.8 Å². The van der Waals surface area contributed by atoms with E-state index in [9.17, 15) is 30.0 Å². The van der Waals surface area contributed by atoms with Crippen molar-refractivity contribution in [3.63, 3.8) is 0 Å². The van der Waals surface area contributed by atoms with Crippen LogP contribution in [0.3, 0.4) is 0 Å². The van der Waals surface area contributed by atoms with Gasteiger partial charge >= 0.3 is 12.1 Å². The van der Waals surface area contributed by atoms with Crippen LogP contribution in [0.25, 0.3) is 0 Å². The van der Waals surface area contributed by atoms with Gasteiger partial charge in [-0.15, -0.1) is 0 Å². The maximum absolute atomic E-state index is 12.8. The minimum Gasteiger partial charge on any atom is -0.462 e. The molecule has 0 radical (unpaired) electrons. The second-order valence-electron chi connectivity index (χ2n) is 14.5. The molecule has 11 nitrogen and oxygen atoms in total. The normalized spacial score (nSPS) is 25.6. The van der Waals surface area contributed by atoms with Crippen LogP contribution in [0.15, 0.2) is 67.3 Å². The molecule has 1 aliphatic heterocycles. The zero-order valence-electron chi connectivity index (χ0n) is 31.3. The maximum atomic E-state index is 12.8. The molecule has 1 aromatic heterocycles. The molecule has 0 unspecified atom stereocenters. The van der Waals surface area contributed by atoms with Crippen molar-refractivity contribution in [2.75, 3.05) is 6.54 Å². The Morgan fingerprint density at radius 1 is 1.08 bits per heavy atom. The molecule has 1 aliphatic rings. The molecular weight excluding hydrogens is 638 g/mol. The molecule has 0 bridgehead atoms. The van der Waals surface area contributed by atoms with Gasteiger partial charge in [0.25, 0.3) is 0 Å². The summed E-state index contributed by atoms with van der Waals surface area (Å²) in [7, 11) is 0. The van der Waals surface area contributed by atoms with E-state index in [-0.39, 0.29) is 41.9 Å². The van der Waals surface area contributed by atoms with E-state index < -0.39 is 54.6 Å². The lowest BCUT2D eigenvalue weighted by Crippen LogP contribution is -2.47. The Hall–Kier alpha value is -3.25. The number of carbonyl (C=O) groups is 2. The average molecular weight is 702 g/mol. The number of nitrogens with zero attached hydrogens (tertiary/aromatic N) is 2. The molecule has 1 amide bonds. The first-order valence-electron chi connectivity index (χ1n) is 18.0. The van der Waals surface area contributed by atoms with Gasteiger partial charge in [0.15, 0.2) is 0 Å². The first kappa shape index (κ1) is 42.9. The molecule has 0 spiro atoms. The predicted octanol–water partition coefficient (Wildman–Crippen LogP) is 5.21. The van der Waals surface area contributed by atoms with E-state index >= 15 is 0 Å². The summed E-state index contributed by atoms with van der Waals surface area (Å²) in [4.78, 5) is 28.8. The van der Waals surface area contributed by atoms with Crippen molar-refractivity contribution in [2.24, 2.45) is 41.4 Å². The van der Waals surface area contributed by atoms with E-state index in [1.807, 2.05) is 70.5 Å². The number of alkyl carbamates (subject to hydrolysis) is 1. The molecule has 0 aliphatic carbocycles. The number of aryl methyl sites for hydroxylation is 1. The Balaban J connectivity index is 1.94. The third-order valence-corrected chi connectivity index (χ3v) is 10.0. The molecule has 13 atom stereocenters. The number of rotatable bonds is 20. The van der Waals surface area contributed by atoms with Gasteiger partial charge in [0.2, 0.25) is 0 Å². The molecule has 50 heavy (non-hydrogen) atoms. The maximum Gasteiger partial charge on any atom is 0.407 e. The molecular formula is C39H63N3O8. The third kappa shape index (κ3) is 13.5. The number of imidazole rings is 1. The number of ether oxygens (including phenoxy) is 2. The number of amides is 1. The minimum absolute atomic E-state index is 0.157. The summed E-state index contributed by atoms with van der Waals surface area (Å²) in [5, 5.41) is 46.2. The Morgan fingerprint density at radius 2 is 1.78 bits per heavy atom. The van der Waals surface area contributed by atoms with Crippen LogP contribution in [-0.4, -0.2) is 85.2 Å². The number of aliphatic hydroxyl groups is 4. The van der Waals surface area contributed by atoms with E-state index in [0.29, 0.717) is 13.0 Å². The van der Waals surface area contributed by atoms with Crippen molar-refractivity contribution < 1.29 is 39.5 Å². The van der Waals surface area contributed by atoms with Crippen LogP contribution in [-0.2, 0) is 20.8 Å². The summed E-state index contributed by atoms with van der Waals surface area (Å²) in [5.74, 6) is -2.53. The molecule has 282 valence electrons. The van der Waals surface area contributed by atoms with Gasteiger partial charge in [0, 0.05) is 61.5 Å². The third-order valence-electron chi connectivity index (χ3n) is 10.0. The Bertz CT molecular complexity index is 1260. The lowest BCUT2D eigenvalue weighted by atomic mass is 9.81. The first-order valence-corrected chi connectivity index (χ1v) is 18.0. The van der Waals surface area contributed by atoms with Crippen LogP contribution in [0.2, 0.25) is 0 Å². The molecule has 5 N–H and O–H groups in total. The van der Waals surface area contributed by atoms with Crippen molar-refractivity contribution in [1.82, 2.24) is 14.9 Å². The summed E-state index contributed by atoms with van der Waals surface area (Å²) < 4.78 is 13.3. The fourth-order valence-corrected chi connectivity index (χ4v) is 6.70. The lowest BCUT2D eigenvalue weighted by Gasteiger charge is -2.36.